The van der Waals surface area contributed by atoms with E-state index in [9.17, 15) is 14.4 Å². The number of rotatable bonds is 4. The maximum absolute atomic E-state index is 13.2. The van der Waals surface area contributed by atoms with Gasteiger partial charge >= 0.3 is 0 Å². The number of carbonyl (C=O) groups excluding carboxylic acids is 3. The minimum Gasteiger partial charge on any atom is -0.348 e. The third-order valence-electron chi connectivity index (χ3n) is 5.44. The lowest BCUT2D eigenvalue weighted by Crippen LogP contribution is -2.48. The van der Waals surface area contributed by atoms with E-state index in [1.54, 1.807) is 43.3 Å². The summed E-state index contributed by atoms with van der Waals surface area (Å²) in [6.45, 7) is 4.14. The van der Waals surface area contributed by atoms with Crippen molar-refractivity contribution in [2.24, 2.45) is 5.92 Å². The summed E-state index contributed by atoms with van der Waals surface area (Å²) in [6, 6.07) is 7.14. The van der Waals surface area contributed by atoms with Gasteiger partial charge in [0.05, 0.1) is 12.1 Å². The summed E-state index contributed by atoms with van der Waals surface area (Å²) in [6.07, 6.45) is 2.03. The van der Waals surface area contributed by atoms with Gasteiger partial charge in [-0.05, 0) is 31.7 Å². The molecule has 0 N–H and O–H groups in total. The zero-order valence-electron chi connectivity index (χ0n) is 15.8. The van der Waals surface area contributed by atoms with Crippen LogP contribution in [0.15, 0.2) is 24.3 Å². The minimum absolute atomic E-state index is 0.0636. The molecule has 2 bridgehead atoms. The van der Waals surface area contributed by atoms with Gasteiger partial charge in [0, 0.05) is 45.3 Å². The van der Waals surface area contributed by atoms with Gasteiger partial charge in [-0.1, -0.05) is 18.2 Å². The van der Waals surface area contributed by atoms with Gasteiger partial charge in [0.15, 0.2) is 5.78 Å². The molecular weight excluding hydrogens is 330 g/mol. The molecule has 3 aliphatic rings. The van der Waals surface area contributed by atoms with Crippen LogP contribution in [0.5, 0.6) is 0 Å². The molecule has 1 aromatic carbocycles. The first-order valence-corrected chi connectivity index (χ1v) is 9.20. The van der Waals surface area contributed by atoms with Crippen molar-refractivity contribution in [3.05, 3.63) is 35.4 Å². The van der Waals surface area contributed by atoms with Crippen LogP contribution >= 0.6 is 0 Å². The number of likely N-dealkylation sites (N-methyl/N-ethyl adjacent to an activating group) is 1. The predicted octanol–water partition coefficient (Wildman–Crippen LogP) is 1.51. The number of Topliss-reactive ketones (excluding diaryl/α,β-unsaturated/α-hetero) is 1. The fraction of sp³-hybridized carbons (Fsp3) is 0.550. The monoisotopic (exact) mass is 357 g/mol. The molecule has 0 saturated carbocycles. The smallest absolute Gasteiger partial charge is 0.254 e. The quantitative estimate of drug-likeness (QED) is 0.767. The van der Waals surface area contributed by atoms with Crippen molar-refractivity contribution < 1.29 is 14.4 Å². The number of hydrogen-bond acceptors (Lipinski definition) is 4. The first-order valence-electron chi connectivity index (χ1n) is 9.20. The molecule has 6 nitrogen and oxygen atoms in total. The minimum atomic E-state index is -0.0906. The Bertz CT molecular complexity index is 716. The van der Waals surface area contributed by atoms with Crippen molar-refractivity contribution in [1.82, 2.24) is 14.7 Å². The highest BCUT2D eigenvalue weighted by Crippen LogP contribution is 2.29. The third-order valence-corrected chi connectivity index (χ3v) is 5.44. The maximum Gasteiger partial charge on any atom is 0.254 e. The molecule has 3 fully saturated rings. The van der Waals surface area contributed by atoms with Gasteiger partial charge in [0.1, 0.15) is 0 Å². The second kappa shape index (κ2) is 7.58. The number of ketones is 1. The zero-order chi connectivity index (χ0) is 18.8. The summed E-state index contributed by atoms with van der Waals surface area (Å²) in [5.41, 5.74) is 0.973. The van der Waals surface area contributed by atoms with E-state index in [0.29, 0.717) is 36.7 Å². The van der Waals surface area contributed by atoms with Crippen molar-refractivity contribution >= 4 is 17.6 Å². The molecular formula is C20H27N3O3. The maximum atomic E-state index is 13.2. The Morgan fingerprint density at radius 1 is 1.04 bits per heavy atom. The summed E-state index contributed by atoms with van der Waals surface area (Å²) >= 11 is 0. The molecule has 2 atom stereocenters. The van der Waals surface area contributed by atoms with E-state index in [4.69, 9.17) is 0 Å². The number of carbonyl (C=O) groups is 3. The Morgan fingerprint density at radius 3 is 2.38 bits per heavy atom. The first kappa shape index (κ1) is 18.6. The average Bonchev–Trinajstić information content (AvgIpc) is 2.91. The van der Waals surface area contributed by atoms with Gasteiger partial charge in [-0.25, -0.2) is 0 Å². The standard InChI is InChI=1S/C20H27N3O3/c1-14(24)17-6-4-5-7-18(17)20(26)23-11-15-8-9-16(23)12-22(10-15)13-19(25)21(2)3/h4-7,15-16H,8-13H2,1-3H3/t15-,16+/m0/s1. The number of hydrogen-bond donors (Lipinski definition) is 0. The van der Waals surface area contributed by atoms with E-state index in [-0.39, 0.29) is 23.6 Å². The highest BCUT2D eigenvalue weighted by Gasteiger charge is 2.38. The Labute approximate surface area is 154 Å². The van der Waals surface area contributed by atoms with Crippen LogP contribution in [0.2, 0.25) is 0 Å². The molecule has 0 radical (unpaired) electrons. The van der Waals surface area contributed by atoms with Crippen molar-refractivity contribution in [3.8, 4) is 0 Å². The number of piperidine rings is 1. The number of benzene rings is 1. The Morgan fingerprint density at radius 2 is 1.73 bits per heavy atom. The molecule has 26 heavy (non-hydrogen) atoms. The highest BCUT2D eigenvalue weighted by molar-refractivity contribution is 6.07. The van der Waals surface area contributed by atoms with Crippen LogP contribution in [-0.2, 0) is 4.79 Å². The number of nitrogens with zero attached hydrogens (tertiary/aromatic N) is 3. The van der Waals surface area contributed by atoms with Crippen molar-refractivity contribution in [2.75, 3.05) is 40.3 Å². The highest BCUT2D eigenvalue weighted by atomic mass is 16.2. The van der Waals surface area contributed by atoms with Crippen LogP contribution in [0, 0.1) is 5.92 Å². The second-order valence-electron chi connectivity index (χ2n) is 7.64. The summed E-state index contributed by atoms with van der Waals surface area (Å²) < 4.78 is 0. The molecule has 1 aromatic rings. The van der Waals surface area contributed by atoms with Crippen LogP contribution in [-0.4, -0.2) is 78.6 Å². The van der Waals surface area contributed by atoms with Crippen molar-refractivity contribution in [1.29, 1.82) is 0 Å². The fourth-order valence-corrected chi connectivity index (χ4v) is 4.02. The largest absolute Gasteiger partial charge is 0.348 e. The van der Waals surface area contributed by atoms with Gasteiger partial charge in [0.25, 0.3) is 5.91 Å². The van der Waals surface area contributed by atoms with E-state index < -0.39 is 0 Å². The molecule has 0 spiro atoms. The molecule has 0 unspecified atom stereocenters. The lowest BCUT2D eigenvalue weighted by Gasteiger charge is -2.36. The Hall–Kier alpha value is -2.21. The van der Waals surface area contributed by atoms with Gasteiger partial charge in [0.2, 0.25) is 5.91 Å². The van der Waals surface area contributed by atoms with E-state index in [1.165, 1.54) is 6.92 Å². The normalized spacial score (nSPS) is 22.8. The molecule has 0 aliphatic carbocycles. The van der Waals surface area contributed by atoms with Gasteiger partial charge in [-0.15, -0.1) is 0 Å². The van der Waals surface area contributed by atoms with E-state index in [0.717, 1.165) is 19.4 Å². The summed E-state index contributed by atoms with van der Waals surface area (Å²) in [5, 5.41) is 0. The van der Waals surface area contributed by atoms with Crippen LogP contribution in [0.1, 0.15) is 40.5 Å². The van der Waals surface area contributed by atoms with Gasteiger partial charge in [-0.3, -0.25) is 19.3 Å². The van der Waals surface area contributed by atoms with Crippen molar-refractivity contribution in [3.63, 3.8) is 0 Å². The topological polar surface area (TPSA) is 60.9 Å². The van der Waals surface area contributed by atoms with Crippen LogP contribution in [0.4, 0.5) is 0 Å². The Balaban J connectivity index is 1.79. The molecule has 140 valence electrons. The molecule has 4 rings (SSSR count). The predicted molar refractivity (Wildman–Crippen MR) is 99.1 cm³/mol. The van der Waals surface area contributed by atoms with Crippen molar-refractivity contribution in [2.45, 2.75) is 25.8 Å². The fourth-order valence-electron chi connectivity index (χ4n) is 4.02. The van der Waals surface area contributed by atoms with Crippen LogP contribution < -0.4 is 0 Å². The van der Waals surface area contributed by atoms with Crippen LogP contribution in [0.3, 0.4) is 0 Å². The Kier molecular flexibility index (Phi) is 5.41. The molecule has 3 saturated heterocycles. The van der Waals surface area contributed by atoms with E-state index >= 15 is 0 Å². The molecule has 3 aliphatic heterocycles. The summed E-state index contributed by atoms with van der Waals surface area (Å²) in [7, 11) is 3.53. The van der Waals surface area contributed by atoms with Gasteiger partial charge < -0.3 is 9.80 Å². The van der Waals surface area contributed by atoms with E-state index in [2.05, 4.69) is 4.90 Å². The molecule has 6 heteroatoms. The lowest BCUT2D eigenvalue weighted by molar-refractivity contribution is -0.129. The van der Waals surface area contributed by atoms with Gasteiger partial charge in [-0.2, -0.15) is 0 Å². The summed E-state index contributed by atoms with van der Waals surface area (Å²) in [4.78, 5) is 42.9. The molecule has 0 aromatic heterocycles. The molecule has 2 amide bonds. The first-order chi connectivity index (χ1) is 12.4. The summed E-state index contributed by atoms with van der Waals surface area (Å²) in [5.74, 6) is 0.307. The van der Waals surface area contributed by atoms with Crippen LogP contribution in [0.25, 0.3) is 0 Å². The number of fused-ring (bicyclic) bond motifs is 4. The average molecular weight is 357 g/mol. The molecule has 3 heterocycles. The third kappa shape index (κ3) is 3.80. The van der Waals surface area contributed by atoms with E-state index in [1.807, 2.05) is 4.90 Å². The zero-order valence-corrected chi connectivity index (χ0v) is 15.8. The second-order valence-corrected chi connectivity index (χ2v) is 7.64. The lowest BCUT2D eigenvalue weighted by atomic mass is 9.93. The SMILES string of the molecule is CC(=O)c1ccccc1C(=O)N1C[C@H]2CC[C@@H]1CN(CC(=O)N(C)C)C2. The number of amides is 2.